The predicted molar refractivity (Wildman–Crippen MR) is 95.7 cm³/mol. The highest BCUT2D eigenvalue weighted by atomic mass is 16.5. The summed E-state index contributed by atoms with van der Waals surface area (Å²) < 4.78 is 11.4. The van der Waals surface area contributed by atoms with Crippen molar-refractivity contribution in [1.82, 2.24) is 5.32 Å². The maximum absolute atomic E-state index is 12.1. The van der Waals surface area contributed by atoms with Crippen LogP contribution in [-0.4, -0.2) is 25.2 Å². The number of rotatable bonds is 7. The van der Waals surface area contributed by atoms with Gasteiger partial charge in [-0.3, -0.25) is 4.79 Å². The molecule has 2 aromatic carbocycles. The van der Waals surface area contributed by atoms with Crippen molar-refractivity contribution in [1.29, 1.82) is 0 Å². The molecule has 0 radical (unpaired) electrons. The number of para-hydroxylation sites is 1. The Morgan fingerprint density at radius 1 is 1.08 bits per heavy atom. The Balaban J connectivity index is 1.76. The van der Waals surface area contributed by atoms with Crippen LogP contribution in [-0.2, 0) is 4.79 Å². The molecule has 24 heavy (non-hydrogen) atoms. The Bertz CT molecular complexity index is 677. The first kappa shape index (κ1) is 17.9. The SMILES string of the molecule is Cc1cc(C)cc(O[C@@H](C)C(=O)NCCOc2ccccc2C)c1. The summed E-state index contributed by atoms with van der Waals surface area (Å²) in [7, 11) is 0. The van der Waals surface area contributed by atoms with E-state index < -0.39 is 6.10 Å². The zero-order chi connectivity index (χ0) is 17.5. The van der Waals surface area contributed by atoms with Gasteiger partial charge in [-0.15, -0.1) is 0 Å². The molecular formula is C20H25NO3. The van der Waals surface area contributed by atoms with Crippen LogP contribution >= 0.6 is 0 Å². The first-order chi connectivity index (χ1) is 11.5. The van der Waals surface area contributed by atoms with Crippen LogP contribution in [0.15, 0.2) is 42.5 Å². The van der Waals surface area contributed by atoms with Crippen molar-refractivity contribution in [3.8, 4) is 11.5 Å². The molecule has 0 heterocycles. The minimum atomic E-state index is -0.551. The molecule has 0 aliphatic heterocycles. The van der Waals surface area contributed by atoms with Crippen molar-refractivity contribution in [2.45, 2.75) is 33.8 Å². The fourth-order valence-corrected chi connectivity index (χ4v) is 2.46. The standard InChI is InChI=1S/C20H25NO3/c1-14-11-15(2)13-18(12-14)24-17(4)20(22)21-9-10-23-19-8-6-5-7-16(19)3/h5-8,11-13,17H,9-10H2,1-4H3,(H,21,22)/t17-/m0/s1. The molecule has 0 bridgehead atoms. The third kappa shape index (κ3) is 5.30. The quantitative estimate of drug-likeness (QED) is 0.791. The lowest BCUT2D eigenvalue weighted by molar-refractivity contribution is -0.127. The molecule has 0 fully saturated rings. The Labute approximate surface area is 143 Å². The van der Waals surface area contributed by atoms with E-state index in [1.807, 2.05) is 57.2 Å². The average molecular weight is 327 g/mol. The maximum atomic E-state index is 12.1. The van der Waals surface area contributed by atoms with Gasteiger partial charge in [-0.25, -0.2) is 0 Å². The molecule has 0 saturated carbocycles. The normalized spacial score (nSPS) is 11.7. The van der Waals surface area contributed by atoms with Crippen molar-refractivity contribution in [3.63, 3.8) is 0 Å². The second-order valence-corrected chi connectivity index (χ2v) is 5.99. The average Bonchev–Trinajstić information content (AvgIpc) is 2.51. The third-order valence-corrected chi connectivity index (χ3v) is 3.63. The minimum Gasteiger partial charge on any atom is -0.491 e. The first-order valence-electron chi connectivity index (χ1n) is 8.17. The molecule has 0 aliphatic carbocycles. The van der Waals surface area contributed by atoms with Gasteiger partial charge >= 0.3 is 0 Å². The van der Waals surface area contributed by atoms with E-state index in [1.54, 1.807) is 6.92 Å². The van der Waals surface area contributed by atoms with Crippen LogP contribution in [0.2, 0.25) is 0 Å². The van der Waals surface area contributed by atoms with Gasteiger partial charge in [0.1, 0.15) is 18.1 Å². The lowest BCUT2D eigenvalue weighted by Gasteiger charge is -2.16. The molecular weight excluding hydrogens is 302 g/mol. The van der Waals surface area contributed by atoms with Crippen molar-refractivity contribution in [2.75, 3.05) is 13.2 Å². The molecule has 1 N–H and O–H groups in total. The molecule has 0 aromatic heterocycles. The summed E-state index contributed by atoms with van der Waals surface area (Å²) in [6.07, 6.45) is -0.551. The van der Waals surface area contributed by atoms with Crippen LogP contribution < -0.4 is 14.8 Å². The number of hydrogen-bond acceptors (Lipinski definition) is 3. The minimum absolute atomic E-state index is 0.150. The predicted octanol–water partition coefficient (Wildman–Crippen LogP) is 3.57. The number of benzene rings is 2. The smallest absolute Gasteiger partial charge is 0.260 e. The first-order valence-corrected chi connectivity index (χ1v) is 8.17. The number of nitrogens with one attached hydrogen (secondary N) is 1. The summed E-state index contributed by atoms with van der Waals surface area (Å²) in [6, 6.07) is 13.7. The number of hydrogen-bond donors (Lipinski definition) is 1. The number of aryl methyl sites for hydroxylation is 3. The third-order valence-electron chi connectivity index (χ3n) is 3.63. The summed E-state index contributed by atoms with van der Waals surface area (Å²) in [4.78, 5) is 12.1. The summed E-state index contributed by atoms with van der Waals surface area (Å²) in [5, 5.41) is 2.83. The van der Waals surface area contributed by atoms with Crippen molar-refractivity contribution < 1.29 is 14.3 Å². The zero-order valence-corrected chi connectivity index (χ0v) is 14.8. The molecule has 0 unspecified atom stereocenters. The van der Waals surface area contributed by atoms with E-state index in [0.29, 0.717) is 18.9 Å². The van der Waals surface area contributed by atoms with Crippen LogP contribution in [0.25, 0.3) is 0 Å². The highest BCUT2D eigenvalue weighted by Crippen LogP contribution is 2.18. The van der Waals surface area contributed by atoms with Gasteiger partial charge < -0.3 is 14.8 Å². The fraction of sp³-hybridized carbons (Fsp3) is 0.350. The summed E-state index contributed by atoms with van der Waals surface area (Å²) in [5.74, 6) is 1.40. The van der Waals surface area contributed by atoms with E-state index >= 15 is 0 Å². The maximum Gasteiger partial charge on any atom is 0.260 e. The zero-order valence-electron chi connectivity index (χ0n) is 14.8. The van der Waals surface area contributed by atoms with Gasteiger partial charge in [-0.05, 0) is 62.6 Å². The number of carbonyl (C=O) groups excluding carboxylic acids is 1. The summed E-state index contributed by atoms with van der Waals surface area (Å²) in [6.45, 7) is 8.62. The number of ether oxygens (including phenoxy) is 2. The van der Waals surface area contributed by atoms with Gasteiger partial charge in [0.2, 0.25) is 0 Å². The van der Waals surface area contributed by atoms with Gasteiger partial charge in [0.05, 0.1) is 6.54 Å². The molecule has 0 aliphatic rings. The van der Waals surface area contributed by atoms with Crippen LogP contribution in [0.1, 0.15) is 23.6 Å². The van der Waals surface area contributed by atoms with Gasteiger partial charge in [0.25, 0.3) is 5.91 Å². The van der Waals surface area contributed by atoms with Crippen molar-refractivity contribution >= 4 is 5.91 Å². The summed E-state index contributed by atoms with van der Waals surface area (Å²) in [5.41, 5.74) is 3.31. The van der Waals surface area contributed by atoms with E-state index in [0.717, 1.165) is 22.4 Å². The fourth-order valence-electron chi connectivity index (χ4n) is 2.46. The molecule has 1 atom stereocenters. The monoisotopic (exact) mass is 327 g/mol. The molecule has 4 heteroatoms. The Kier molecular flexibility index (Phi) is 6.24. The van der Waals surface area contributed by atoms with Gasteiger partial charge in [0, 0.05) is 0 Å². The molecule has 1 amide bonds. The molecule has 4 nitrogen and oxygen atoms in total. The van der Waals surface area contributed by atoms with Crippen LogP contribution in [0.3, 0.4) is 0 Å². The van der Waals surface area contributed by atoms with Crippen LogP contribution in [0, 0.1) is 20.8 Å². The molecule has 0 spiro atoms. The molecule has 2 rings (SSSR count). The Hall–Kier alpha value is -2.49. The van der Waals surface area contributed by atoms with Crippen LogP contribution in [0.4, 0.5) is 0 Å². The van der Waals surface area contributed by atoms with E-state index in [-0.39, 0.29) is 5.91 Å². The topological polar surface area (TPSA) is 47.6 Å². The van der Waals surface area contributed by atoms with Gasteiger partial charge in [0.15, 0.2) is 6.10 Å². The van der Waals surface area contributed by atoms with Gasteiger partial charge in [-0.1, -0.05) is 24.3 Å². The second-order valence-electron chi connectivity index (χ2n) is 5.99. The van der Waals surface area contributed by atoms with Crippen LogP contribution in [0.5, 0.6) is 11.5 Å². The molecule has 2 aromatic rings. The van der Waals surface area contributed by atoms with E-state index in [1.165, 1.54) is 0 Å². The van der Waals surface area contributed by atoms with Crippen molar-refractivity contribution in [3.05, 3.63) is 59.2 Å². The Morgan fingerprint density at radius 2 is 1.75 bits per heavy atom. The lowest BCUT2D eigenvalue weighted by Crippen LogP contribution is -2.38. The highest BCUT2D eigenvalue weighted by molar-refractivity contribution is 5.80. The van der Waals surface area contributed by atoms with E-state index in [2.05, 4.69) is 11.4 Å². The molecule has 0 saturated heterocycles. The Morgan fingerprint density at radius 3 is 2.42 bits per heavy atom. The largest absolute Gasteiger partial charge is 0.491 e. The lowest BCUT2D eigenvalue weighted by atomic mass is 10.1. The van der Waals surface area contributed by atoms with E-state index in [9.17, 15) is 4.79 Å². The highest BCUT2D eigenvalue weighted by Gasteiger charge is 2.14. The summed E-state index contributed by atoms with van der Waals surface area (Å²) >= 11 is 0. The van der Waals surface area contributed by atoms with Gasteiger partial charge in [-0.2, -0.15) is 0 Å². The number of amides is 1. The molecule has 128 valence electrons. The van der Waals surface area contributed by atoms with E-state index in [4.69, 9.17) is 9.47 Å². The number of carbonyl (C=O) groups is 1. The van der Waals surface area contributed by atoms with Crippen molar-refractivity contribution in [2.24, 2.45) is 0 Å². The second kappa shape index (κ2) is 8.39.